The molecule has 54 heavy (non-hydrogen) atoms. The predicted molar refractivity (Wildman–Crippen MR) is 212 cm³/mol. The normalized spacial score (nSPS) is 11.5. The SMILES string of the molecule is CCCCCCCCc1ccc(OCCOCCOCCOCCOCCOCCOCCOCCOCCOCCOCCOCCCCCC)cc1. The maximum absolute atomic E-state index is 5.78. The first-order valence-electron chi connectivity index (χ1n) is 20.9. The lowest BCUT2D eigenvalue weighted by Crippen LogP contribution is -2.15. The van der Waals surface area contributed by atoms with Crippen LogP contribution in [-0.2, 0) is 58.5 Å². The van der Waals surface area contributed by atoms with Crippen LogP contribution in [0.25, 0.3) is 0 Å². The first-order valence-corrected chi connectivity index (χ1v) is 20.9. The Morgan fingerprint density at radius 1 is 0.278 bits per heavy atom. The Morgan fingerprint density at radius 3 is 0.907 bits per heavy atom. The van der Waals surface area contributed by atoms with Crippen LogP contribution in [0.3, 0.4) is 0 Å². The van der Waals surface area contributed by atoms with Crippen molar-refractivity contribution in [2.75, 3.05) is 152 Å². The number of benzene rings is 1. The summed E-state index contributed by atoms with van der Waals surface area (Å²) in [6.07, 6.45) is 14.0. The summed E-state index contributed by atoms with van der Waals surface area (Å²) in [5.41, 5.74) is 1.38. The molecular weight excluding hydrogens is 696 g/mol. The van der Waals surface area contributed by atoms with Crippen LogP contribution in [0, 0.1) is 0 Å². The van der Waals surface area contributed by atoms with E-state index in [-0.39, 0.29) is 0 Å². The molecule has 0 aliphatic rings. The van der Waals surface area contributed by atoms with E-state index in [2.05, 4.69) is 38.1 Å². The van der Waals surface area contributed by atoms with E-state index in [9.17, 15) is 0 Å². The second-order valence-electron chi connectivity index (χ2n) is 12.8. The quantitative estimate of drug-likeness (QED) is 0.0656. The Labute approximate surface area is 328 Å². The number of rotatable bonds is 46. The lowest BCUT2D eigenvalue weighted by Gasteiger charge is -2.09. The molecule has 12 nitrogen and oxygen atoms in total. The third kappa shape index (κ3) is 38.8. The highest BCUT2D eigenvalue weighted by atomic mass is 16.6. The molecule has 0 aliphatic carbocycles. The Hall–Kier alpha value is -1.42. The fourth-order valence-electron chi connectivity index (χ4n) is 5.01. The van der Waals surface area contributed by atoms with Gasteiger partial charge in [-0.05, 0) is 37.0 Å². The Morgan fingerprint density at radius 2 is 0.556 bits per heavy atom. The Balaban J connectivity index is 1.66. The third-order valence-electron chi connectivity index (χ3n) is 8.10. The summed E-state index contributed by atoms with van der Waals surface area (Å²) in [4.78, 5) is 0. The minimum absolute atomic E-state index is 0.516. The Bertz CT molecular complexity index is 832. The maximum Gasteiger partial charge on any atom is 0.119 e. The van der Waals surface area contributed by atoms with Crippen molar-refractivity contribution in [1.29, 1.82) is 0 Å². The summed E-state index contributed by atoms with van der Waals surface area (Å²) in [5, 5.41) is 0. The lowest BCUT2D eigenvalue weighted by molar-refractivity contribution is -0.0277. The summed E-state index contributed by atoms with van der Waals surface area (Å²) < 4.78 is 66.5. The molecule has 0 atom stereocenters. The number of hydrogen-bond donors (Lipinski definition) is 0. The van der Waals surface area contributed by atoms with Crippen molar-refractivity contribution in [3.8, 4) is 5.75 Å². The first-order chi connectivity index (χ1) is 26.9. The average Bonchev–Trinajstić information content (AvgIpc) is 3.19. The molecule has 1 aromatic rings. The average molecular weight is 775 g/mol. The number of ether oxygens (including phenoxy) is 12. The molecule has 1 aromatic carbocycles. The minimum Gasteiger partial charge on any atom is -0.491 e. The van der Waals surface area contributed by atoms with Gasteiger partial charge in [0.15, 0.2) is 0 Å². The van der Waals surface area contributed by atoms with Gasteiger partial charge in [-0.2, -0.15) is 0 Å². The molecule has 318 valence electrons. The van der Waals surface area contributed by atoms with E-state index >= 15 is 0 Å². The van der Waals surface area contributed by atoms with Crippen LogP contribution in [0.4, 0.5) is 0 Å². The molecule has 0 radical (unpaired) electrons. The van der Waals surface area contributed by atoms with Gasteiger partial charge in [0.25, 0.3) is 0 Å². The van der Waals surface area contributed by atoms with Crippen LogP contribution >= 0.6 is 0 Å². The highest BCUT2D eigenvalue weighted by Gasteiger charge is 1.99. The van der Waals surface area contributed by atoms with E-state index < -0.39 is 0 Å². The molecule has 12 heteroatoms. The van der Waals surface area contributed by atoms with Crippen molar-refractivity contribution in [3.63, 3.8) is 0 Å². The van der Waals surface area contributed by atoms with Gasteiger partial charge in [-0.25, -0.2) is 0 Å². The summed E-state index contributed by atoms with van der Waals surface area (Å²) in [5.74, 6) is 0.887. The van der Waals surface area contributed by atoms with E-state index in [1.54, 1.807) is 0 Å². The molecule has 0 unspecified atom stereocenters. The van der Waals surface area contributed by atoms with Gasteiger partial charge in [0.1, 0.15) is 12.4 Å². The van der Waals surface area contributed by atoms with Gasteiger partial charge >= 0.3 is 0 Å². The minimum atomic E-state index is 0.516. The van der Waals surface area contributed by atoms with Crippen molar-refractivity contribution < 1.29 is 56.8 Å². The van der Waals surface area contributed by atoms with E-state index in [4.69, 9.17) is 56.8 Å². The molecule has 0 aromatic heterocycles. The van der Waals surface area contributed by atoms with Gasteiger partial charge in [-0.3, -0.25) is 0 Å². The second kappa shape index (κ2) is 44.3. The molecule has 0 aliphatic heterocycles. The zero-order valence-corrected chi connectivity index (χ0v) is 34.3. The van der Waals surface area contributed by atoms with Crippen LogP contribution < -0.4 is 4.74 Å². The number of unbranched alkanes of at least 4 members (excludes halogenated alkanes) is 8. The maximum atomic E-state index is 5.78. The summed E-state index contributed by atoms with van der Waals surface area (Å²) in [6, 6.07) is 8.44. The highest BCUT2D eigenvalue weighted by molar-refractivity contribution is 5.27. The van der Waals surface area contributed by atoms with Gasteiger partial charge in [-0.1, -0.05) is 77.3 Å². The molecule has 0 spiro atoms. The highest BCUT2D eigenvalue weighted by Crippen LogP contribution is 2.15. The van der Waals surface area contributed by atoms with Crippen molar-refractivity contribution in [2.24, 2.45) is 0 Å². The molecule has 0 amide bonds. The van der Waals surface area contributed by atoms with Crippen LogP contribution in [0.5, 0.6) is 5.75 Å². The van der Waals surface area contributed by atoms with Gasteiger partial charge in [0, 0.05) is 6.61 Å². The van der Waals surface area contributed by atoms with Crippen molar-refractivity contribution in [2.45, 2.75) is 84.5 Å². The van der Waals surface area contributed by atoms with Gasteiger partial charge in [0.2, 0.25) is 0 Å². The van der Waals surface area contributed by atoms with E-state index in [1.807, 2.05) is 0 Å². The van der Waals surface area contributed by atoms with Crippen molar-refractivity contribution in [3.05, 3.63) is 29.8 Å². The van der Waals surface area contributed by atoms with Crippen molar-refractivity contribution >= 4 is 0 Å². The van der Waals surface area contributed by atoms with Crippen LogP contribution in [0.1, 0.15) is 83.6 Å². The molecule has 0 fully saturated rings. The van der Waals surface area contributed by atoms with E-state index in [0.29, 0.717) is 145 Å². The largest absolute Gasteiger partial charge is 0.491 e. The van der Waals surface area contributed by atoms with Crippen LogP contribution in [0.15, 0.2) is 24.3 Å². The monoisotopic (exact) mass is 775 g/mol. The van der Waals surface area contributed by atoms with Gasteiger partial charge < -0.3 is 56.8 Å². The fraction of sp³-hybridized carbons (Fsp3) is 0.857. The predicted octanol–water partition coefficient (Wildman–Crippen LogP) is 6.73. The summed E-state index contributed by atoms with van der Waals surface area (Å²) in [7, 11) is 0. The smallest absolute Gasteiger partial charge is 0.119 e. The third-order valence-corrected chi connectivity index (χ3v) is 8.10. The molecule has 1 rings (SSSR count). The number of hydrogen-bond acceptors (Lipinski definition) is 12. The summed E-state index contributed by atoms with van der Waals surface area (Å²) in [6.45, 7) is 17.1. The zero-order valence-electron chi connectivity index (χ0n) is 34.3. The lowest BCUT2D eigenvalue weighted by atomic mass is 10.0. The number of aryl methyl sites for hydroxylation is 1. The van der Waals surface area contributed by atoms with Gasteiger partial charge in [-0.15, -0.1) is 0 Å². The molecular formula is C42H78O12. The van der Waals surface area contributed by atoms with Crippen LogP contribution in [-0.4, -0.2) is 152 Å². The van der Waals surface area contributed by atoms with E-state index in [0.717, 1.165) is 25.2 Å². The second-order valence-corrected chi connectivity index (χ2v) is 12.8. The molecule has 0 N–H and O–H groups in total. The van der Waals surface area contributed by atoms with Crippen LogP contribution in [0.2, 0.25) is 0 Å². The van der Waals surface area contributed by atoms with Crippen molar-refractivity contribution in [1.82, 2.24) is 0 Å². The van der Waals surface area contributed by atoms with Gasteiger partial charge in [0.05, 0.1) is 139 Å². The first kappa shape index (κ1) is 50.6. The standard InChI is InChI=1S/C42H78O12/c1-3-5-7-9-10-11-13-41-14-16-42(17-15-41)54-40-39-53-38-37-52-36-35-51-34-33-50-32-31-49-30-29-48-28-27-47-26-25-46-24-23-45-22-21-44-20-19-43-18-12-8-6-4-2/h14-17H,3-13,18-40H2,1-2H3. The Kier molecular flexibility index (Phi) is 41.5. The fourth-order valence-corrected chi connectivity index (χ4v) is 5.01. The zero-order chi connectivity index (χ0) is 38.5. The van der Waals surface area contributed by atoms with E-state index in [1.165, 1.54) is 63.4 Å². The molecule has 0 saturated heterocycles. The topological polar surface area (TPSA) is 111 Å². The molecule has 0 heterocycles. The molecule has 0 bridgehead atoms. The summed E-state index contributed by atoms with van der Waals surface area (Å²) >= 11 is 0. The molecule has 0 saturated carbocycles.